The molecule has 1 saturated heterocycles. The Morgan fingerprint density at radius 1 is 1.02 bits per heavy atom. The normalized spacial score (nSPS) is 18.6. The van der Waals surface area contributed by atoms with Crippen LogP contribution in [0.3, 0.4) is 0 Å². The highest BCUT2D eigenvalue weighted by Crippen LogP contribution is 2.46. The van der Waals surface area contributed by atoms with Gasteiger partial charge in [0.25, 0.3) is 0 Å². The number of hydrogen-bond donors (Lipinski definition) is 6. The number of carbonyl (C=O) groups is 3. The van der Waals surface area contributed by atoms with Crippen LogP contribution in [0.15, 0.2) is 114 Å². The van der Waals surface area contributed by atoms with E-state index in [9.17, 15) is 18.8 Å². The van der Waals surface area contributed by atoms with Crippen molar-refractivity contribution in [2.75, 3.05) is 30.9 Å². The van der Waals surface area contributed by atoms with Crippen molar-refractivity contribution < 1.29 is 28.2 Å². The zero-order valence-electron chi connectivity index (χ0n) is 35.4. The number of alkyl carbamates (subject to hydrolysis) is 1. The summed E-state index contributed by atoms with van der Waals surface area (Å²) in [5.74, 6) is -0.0312. The summed E-state index contributed by atoms with van der Waals surface area (Å²) >= 11 is 0. The van der Waals surface area contributed by atoms with Crippen molar-refractivity contribution >= 4 is 40.7 Å². The number of nitrogen functional groups attached to an aromatic ring is 1. The first-order valence-electron chi connectivity index (χ1n) is 21.3. The maximum Gasteiger partial charge on any atom is 0.407 e. The Bertz CT molecular complexity index is 2460. The van der Waals surface area contributed by atoms with Crippen LogP contribution in [0.5, 0.6) is 11.5 Å². The molecule has 0 bridgehead atoms. The van der Waals surface area contributed by atoms with E-state index in [0.29, 0.717) is 42.0 Å². The molecular weight excluding hydrogens is 784 g/mol. The number of hydrazine groups is 1. The summed E-state index contributed by atoms with van der Waals surface area (Å²) in [6.45, 7) is 6.81. The lowest BCUT2D eigenvalue weighted by atomic mass is 9.85. The Morgan fingerprint density at radius 3 is 2.61 bits per heavy atom. The fraction of sp³-hybridized carbons (Fsp3) is 0.300. The van der Waals surface area contributed by atoms with Crippen LogP contribution in [0.1, 0.15) is 84.2 Å². The van der Waals surface area contributed by atoms with Crippen LogP contribution in [0.4, 0.5) is 20.6 Å². The number of fused-ring (bicyclic) bond motifs is 2. The summed E-state index contributed by atoms with van der Waals surface area (Å²) < 4.78 is 25.5. The largest absolute Gasteiger partial charge is 0.454 e. The molecule has 4 atom stereocenters. The molecule has 7 rings (SSSR count). The van der Waals surface area contributed by atoms with Crippen LogP contribution in [0, 0.1) is 19.7 Å². The topological polar surface area (TPSA) is 170 Å². The second kappa shape index (κ2) is 19.9. The number of carbonyl (C=O) groups excluding carboxylic acids is 3. The molecule has 1 fully saturated rings. The molecule has 8 N–H and O–H groups in total. The number of ketones is 2. The molecule has 11 nitrogen and oxygen atoms in total. The Morgan fingerprint density at radius 2 is 1.82 bits per heavy atom. The molecule has 0 spiro atoms. The highest BCUT2D eigenvalue weighted by molar-refractivity contribution is 6.06. The number of nitrogens with one attached hydrogen (secondary N) is 4. The average molecular weight is 839 g/mol. The zero-order valence-corrected chi connectivity index (χ0v) is 35.4. The summed E-state index contributed by atoms with van der Waals surface area (Å²) in [5.41, 5.74) is 28.5. The minimum absolute atomic E-state index is 0.0560. The Kier molecular flexibility index (Phi) is 14.0. The number of aryl methyl sites for hydroxylation is 2. The van der Waals surface area contributed by atoms with Crippen molar-refractivity contribution in [2.45, 2.75) is 76.8 Å². The molecule has 1 aliphatic heterocycles. The third-order valence-corrected chi connectivity index (χ3v) is 12.0. The molecule has 1 heterocycles. The third-order valence-electron chi connectivity index (χ3n) is 12.0. The number of amides is 1. The van der Waals surface area contributed by atoms with Gasteiger partial charge in [0, 0.05) is 48.9 Å². The first-order valence-corrected chi connectivity index (χ1v) is 21.3. The highest BCUT2D eigenvalue weighted by atomic mass is 19.1. The SMILES string of the molecule is CCC(CC(=O)C1CC(NC(=O)OCC2C3=C(C=CCC3)c3ccccc32)CN1)c1cc(N)c(/C=C/C(=O)/C(=C\N)CNNc2ccc(Oc3ccccc3F)cc2C)cc1C. The predicted octanol–water partition coefficient (Wildman–Crippen LogP) is 8.67. The van der Waals surface area contributed by atoms with Gasteiger partial charge in [-0.25, -0.2) is 14.6 Å². The Hall–Kier alpha value is -6.50. The van der Waals surface area contributed by atoms with Gasteiger partial charge < -0.3 is 37.0 Å². The minimum Gasteiger partial charge on any atom is -0.454 e. The molecule has 0 aromatic heterocycles. The second-order valence-corrected chi connectivity index (χ2v) is 16.1. The number of rotatable bonds is 17. The van der Waals surface area contributed by atoms with E-state index in [4.69, 9.17) is 20.9 Å². The maximum atomic E-state index is 14.0. The second-order valence-electron chi connectivity index (χ2n) is 16.1. The van der Waals surface area contributed by atoms with Crippen molar-refractivity contribution in [3.8, 4) is 11.5 Å². The van der Waals surface area contributed by atoms with Gasteiger partial charge >= 0.3 is 6.09 Å². The number of anilines is 2. The summed E-state index contributed by atoms with van der Waals surface area (Å²) in [6, 6.07) is 23.1. The molecular formula is C50H55FN6O5. The number of ether oxygens (including phenoxy) is 2. The number of Topliss-reactive ketones (excluding diaryl/α,β-unsaturated/α-hetero) is 1. The monoisotopic (exact) mass is 838 g/mol. The first kappa shape index (κ1) is 43.6. The fourth-order valence-electron chi connectivity index (χ4n) is 8.63. The molecule has 4 aromatic rings. The summed E-state index contributed by atoms with van der Waals surface area (Å²) in [5, 5.41) is 6.29. The molecule has 4 aromatic carbocycles. The summed E-state index contributed by atoms with van der Waals surface area (Å²) in [6.07, 6.45) is 11.8. The fourth-order valence-corrected chi connectivity index (χ4v) is 8.63. The predicted molar refractivity (Wildman–Crippen MR) is 243 cm³/mol. The lowest BCUT2D eigenvalue weighted by molar-refractivity contribution is -0.121. The van der Waals surface area contributed by atoms with Gasteiger partial charge in [-0.1, -0.05) is 61.0 Å². The van der Waals surface area contributed by atoms with Gasteiger partial charge in [0.15, 0.2) is 17.3 Å². The van der Waals surface area contributed by atoms with E-state index in [1.807, 2.05) is 38.1 Å². The van der Waals surface area contributed by atoms with Crippen molar-refractivity contribution in [1.82, 2.24) is 16.1 Å². The number of benzene rings is 4. The number of hydrogen-bond acceptors (Lipinski definition) is 10. The number of allylic oxidation sites excluding steroid dienone is 4. The van der Waals surface area contributed by atoms with Gasteiger partial charge in [0.05, 0.1) is 11.7 Å². The van der Waals surface area contributed by atoms with Gasteiger partial charge in [-0.2, -0.15) is 0 Å². The molecule has 1 amide bonds. The van der Waals surface area contributed by atoms with Crippen LogP contribution < -0.4 is 37.7 Å². The van der Waals surface area contributed by atoms with E-state index in [1.165, 1.54) is 40.6 Å². The highest BCUT2D eigenvalue weighted by Gasteiger charge is 2.34. The van der Waals surface area contributed by atoms with Gasteiger partial charge in [-0.3, -0.25) is 9.59 Å². The van der Waals surface area contributed by atoms with Crippen molar-refractivity contribution in [3.05, 3.63) is 154 Å². The standard InChI is InChI=1S/C50H55FN6O5/c1-4-32(23-48(59)46-24-35(28-54-46)56-50(60)61-29-42-39-13-7-5-11-37(39)38-12-6-8-14-40(38)42)41-25-44(53)33(21-30(41)2)17-20-47(58)34(26-52)27-55-57-45-19-18-36(22-31(45)3)62-49-16-10-9-15-43(49)51/h5-7,9-13,15-22,25-26,32,35,42,46,54-55,57H,4,8,14,23-24,27-29,52-53H2,1-3H3,(H,56,60)/b20-17+,34-26-. The van der Waals surface area contributed by atoms with E-state index in [1.54, 1.807) is 42.5 Å². The van der Waals surface area contributed by atoms with Crippen LogP contribution >= 0.6 is 0 Å². The third kappa shape index (κ3) is 10.2. The number of para-hydroxylation sites is 1. The Balaban J connectivity index is 0.874. The lowest BCUT2D eigenvalue weighted by Gasteiger charge is -2.21. The van der Waals surface area contributed by atoms with Gasteiger partial charge in [0.2, 0.25) is 0 Å². The molecule has 2 aliphatic carbocycles. The van der Waals surface area contributed by atoms with Crippen molar-refractivity contribution in [1.29, 1.82) is 0 Å². The number of halogens is 1. The van der Waals surface area contributed by atoms with Crippen molar-refractivity contribution in [2.24, 2.45) is 5.73 Å². The van der Waals surface area contributed by atoms with E-state index in [2.05, 4.69) is 52.7 Å². The van der Waals surface area contributed by atoms with E-state index in [0.717, 1.165) is 41.6 Å². The Labute approximate surface area is 362 Å². The number of nitrogens with two attached hydrogens (primary N) is 2. The van der Waals surface area contributed by atoms with E-state index in [-0.39, 0.29) is 54.4 Å². The quantitative estimate of drug-likeness (QED) is 0.0344. The molecule has 4 unspecified atom stereocenters. The maximum absolute atomic E-state index is 14.0. The van der Waals surface area contributed by atoms with Gasteiger partial charge in [-0.15, -0.1) is 0 Å². The van der Waals surface area contributed by atoms with Crippen LogP contribution in [-0.4, -0.2) is 49.4 Å². The average Bonchev–Trinajstić information content (AvgIpc) is 3.87. The molecule has 62 heavy (non-hydrogen) atoms. The van der Waals surface area contributed by atoms with Gasteiger partial charge in [-0.05, 0) is 139 Å². The first-order chi connectivity index (χ1) is 30.0. The van der Waals surface area contributed by atoms with E-state index < -0.39 is 11.9 Å². The zero-order chi connectivity index (χ0) is 43.8. The minimum atomic E-state index is -0.468. The summed E-state index contributed by atoms with van der Waals surface area (Å²) in [4.78, 5) is 39.7. The molecule has 0 radical (unpaired) electrons. The molecule has 12 heteroatoms. The van der Waals surface area contributed by atoms with Crippen LogP contribution in [-0.2, 0) is 14.3 Å². The van der Waals surface area contributed by atoms with Crippen LogP contribution in [0.2, 0.25) is 0 Å². The van der Waals surface area contributed by atoms with Crippen LogP contribution in [0.25, 0.3) is 11.6 Å². The molecule has 322 valence electrons. The smallest absolute Gasteiger partial charge is 0.407 e. The summed E-state index contributed by atoms with van der Waals surface area (Å²) in [7, 11) is 0. The molecule has 3 aliphatic rings. The van der Waals surface area contributed by atoms with Crippen molar-refractivity contribution in [3.63, 3.8) is 0 Å². The van der Waals surface area contributed by atoms with Gasteiger partial charge in [0.1, 0.15) is 18.1 Å². The van der Waals surface area contributed by atoms with E-state index >= 15 is 0 Å². The lowest BCUT2D eigenvalue weighted by Crippen LogP contribution is -2.37. The molecule has 0 saturated carbocycles.